The van der Waals surface area contributed by atoms with Gasteiger partial charge in [0.05, 0.1) is 18.0 Å². The molecule has 0 amide bonds. The fraction of sp³-hybridized carbons (Fsp3) is 0.625. The quantitative estimate of drug-likeness (QED) is 0.628. The Balaban J connectivity index is 2.68. The lowest BCUT2D eigenvalue weighted by molar-refractivity contribution is 0.208. The van der Waals surface area contributed by atoms with Crippen LogP contribution in [0.25, 0.3) is 0 Å². The van der Waals surface area contributed by atoms with Crippen LogP contribution in [0.4, 0.5) is 11.5 Å². The van der Waals surface area contributed by atoms with Gasteiger partial charge in [0.1, 0.15) is 5.82 Å². The highest BCUT2D eigenvalue weighted by molar-refractivity contribution is 5.60. The summed E-state index contributed by atoms with van der Waals surface area (Å²) < 4.78 is 1.76. The van der Waals surface area contributed by atoms with Crippen molar-refractivity contribution in [1.29, 1.82) is 0 Å². The van der Waals surface area contributed by atoms with Gasteiger partial charge in [-0.05, 0) is 13.8 Å². The molecular weight excluding hydrogens is 168 g/mol. The van der Waals surface area contributed by atoms with E-state index >= 15 is 0 Å². The number of aryl methyl sites for hydroxylation is 1. The zero-order valence-electron chi connectivity index (χ0n) is 7.99. The number of aliphatic hydroxyl groups excluding tert-OH is 1. The molecule has 0 aliphatic carbocycles. The highest BCUT2D eigenvalue weighted by Crippen LogP contribution is 2.16. The van der Waals surface area contributed by atoms with Crippen molar-refractivity contribution in [2.75, 3.05) is 17.6 Å². The van der Waals surface area contributed by atoms with E-state index in [2.05, 4.69) is 10.4 Å². The number of rotatable bonds is 4. The molecule has 0 saturated heterocycles. The van der Waals surface area contributed by atoms with Crippen LogP contribution in [0.3, 0.4) is 0 Å². The molecule has 0 aliphatic heterocycles. The molecule has 4 N–H and O–H groups in total. The highest BCUT2D eigenvalue weighted by atomic mass is 16.3. The van der Waals surface area contributed by atoms with E-state index in [4.69, 9.17) is 10.8 Å². The van der Waals surface area contributed by atoms with Crippen molar-refractivity contribution in [1.82, 2.24) is 9.78 Å². The molecule has 5 nitrogen and oxygen atoms in total. The number of aromatic nitrogens is 2. The fourth-order valence-electron chi connectivity index (χ4n) is 1.08. The van der Waals surface area contributed by atoms with Crippen LogP contribution in [0.5, 0.6) is 0 Å². The van der Waals surface area contributed by atoms with Crippen LogP contribution in [0.1, 0.15) is 13.8 Å². The summed E-state index contributed by atoms with van der Waals surface area (Å²) in [5.41, 5.74) is 6.29. The van der Waals surface area contributed by atoms with Gasteiger partial charge < -0.3 is 16.2 Å². The summed E-state index contributed by atoms with van der Waals surface area (Å²) in [7, 11) is 0. The van der Waals surface area contributed by atoms with Crippen molar-refractivity contribution >= 4 is 11.5 Å². The minimum atomic E-state index is -0.389. The third-order valence-electron chi connectivity index (χ3n) is 1.73. The highest BCUT2D eigenvalue weighted by Gasteiger charge is 2.06. The van der Waals surface area contributed by atoms with Gasteiger partial charge in [0, 0.05) is 13.1 Å². The maximum atomic E-state index is 9.07. The topological polar surface area (TPSA) is 76.1 Å². The monoisotopic (exact) mass is 184 g/mol. The lowest BCUT2D eigenvalue weighted by atomic mass is 10.4. The van der Waals surface area contributed by atoms with Gasteiger partial charge in [-0.3, -0.25) is 0 Å². The number of hydrogen-bond acceptors (Lipinski definition) is 4. The van der Waals surface area contributed by atoms with E-state index in [9.17, 15) is 0 Å². The first-order chi connectivity index (χ1) is 6.15. The predicted octanol–water partition coefficient (Wildman–Crippen LogP) is 0.278. The van der Waals surface area contributed by atoms with Crippen molar-refractivity contribution in [3.63, 3.8) is 0 Å². The summed E-state index contributed by atoms with van der Waals surface area (Å²) in [4.78, 5) is 0. The molecular formula is C8H16N4O. The van der Waals surface area contributed by atoms with E-state index in [-0.39, 0.29) is 6.10 Å². The Bertz CT molecular complexity index is 269. The van der Waals surface area contributed by atoms with Crippen LogP contribution in [-0.2, 0) is 6.54 Å². The molecule has 1 unspecified atom stereocenters. The second-order valence-corrected chi connectivity index (χ2v) is 2.99. The van der Waals surface area contributed by atoms with E-state index in [0.717, 1.165) is 12.4 Å². The maximum absolute atomic E-state index is 9.07. The van der Waals surface area contributed by atoms with Crippen LogP contribution < -0.4 is 11.1 Å². The summed E-state index contributed by atoms with van der Waals surface area (Å²) >= 11 is 0. The molecule has 1 aromatic rings. The number of aliphatic hydroxyl groups is 1. The smallest absolute Gasteiger partial charge is 0.147 e. The van der Waals surface area contributed by atoms with Crippen LogP contribution >= 0.6 is 0 Å². The van der Waals surface area contributed by atoms with E-state index in [0.29, 0.717) is 12.2 Å². The first-order valence-electron chi connectivity index (χ1n) is 4.38. The van der Waals surface area contributed by atoms with Gasteiger partial charge in [-0.15, -0.1) is 0 Å². The summed E-state index contributed by atoms with van der Waals surface area (Å²) in [6.07, 6.45) is 1.22. The number of nitrogens with one attached hydrogen (secondary N) is 1. The Morgan fingerprint density at radius 3 is 3.00 bits per heavy atom. The average molecular weight is 184 g/mol. The van der Waals surface area contributed by atoms with E-state index < -0.39 is 0 Å². The molecule has 13 heavy (non-hydrogen) atoms. The zero-order valence-corrected chi connectivity index (χ0v) is 7.99. The largest absolute Gasteiger partial charge is 0.394 e. The lowest BCUT2D eigenvalue weighted by Crippen LogP contribution is -2.18. The van der Waals surface area contributed by atoms with Crippen LogP contribution in [-0.4, -0.2) is 27.5 Å². The molecule has 0 spiro atoms. The van der Waals surface area contributed by atoms with Crippen LogP contribution in [0, 0.1) is 0 Å². The van der Waals surface area contributed by atoms with Crippen molar-refractivity contribution in [3.8, 4) is 0 Å². The molecule has 0 aromatic carbocycles. The lowest BCUT2D eigenvalue weighted by Gasteiger charge is -2.10. The molecule has 0 aliphatic rings. The van der Waals surface area contributed by atoms with E-state index in [1.807, 2.05) is 6.92 Å². The van der Waals surface area contributed by atoms with Crippen molar-refractivity contribution in [2.45, 2.75) is 26.5 Å². The molecule has 1 rings (SSSR count). The SMILES string of the molecule is CCn1ncc(N)c1NCC(C)O. The van der Waals surface area contributed by atoms with Crippen LogP contribution in [0.2, 0.25) is 0 Å². The molecule has 1 heterocycles. The van der Waals surface area contributed by atoms with Crippen molar-refractivity contribution in [3.05, 3.63) is 6.20 Å². The van der Waals surface area contributed by atoms with Gasteiger partial charge in [-0.2, -0.15) is 5.10 Å². The third kappa shape index (κ3) is 2.35. The number of nitrogens with two attached hydrogens (primary N) is 1. The summed E-state index contributed by atoms with van der Waals surface area (Å²) in [5.74, 6) is 0.781. The van der Waals surface area contributed by atoms with Crippen LogP contribution in [0.15, 0.2) is 6.20 Å². The Labute approximate surface area is 77.5 Å². The Hall–Kier alpha value is -1.23. The summed E-state index contributed by atoms with van der Waals surface area (Å²) in [5, 5.41) is 16.2. The first kappa shape index (κ1) is 9.85. The predicted molar refractivity (Wildman–Crippen MR) is 52.5 cm³/mol. The molecule has 1 aromatic heterocycles. The van der Waals surface area contributed by atoms with Gasteiger partial charge in [0.2, 0.25) is 0 Å². The average Bonchev–Trinajstić information content (AvgIpc) is 2.43. The molecule has 0 radical (unpaired) electrons. The number of nitrogen functional groups attached to an aromatic ring is 1. The normalized spacial score (nSPS) is 12.8. The van der Waals surface area contributed by atoms with Gasteiger partial charge in [-0.1, -0.05) is 0 Å². The first-order valence-corrected chi connectivity index (χ1v) is 4.38. The molecule has 0 saturated carbocycles. The Kier molecular flexibility index (Phi) is 3.13. The number of anilines is 2. The summed E-state index contributed by atoms with van der Waals surface area (Å²) in [6, 6.07) is 0. The Morgan fingerprint density at radius 1 is 1.77 bits per heavy atom. The van der Waals surface area contributed by atoms with Gasteiger partial charge in [-0.25, -0.2) is 4.68 Å². The summed E-state index contributed by atoms with van der Waals surface area (Å²) in [6.45, 7) is 4.95. The second-order valence-electron chi connectivity index (χ2n) is 2.99. The number of nitrogens with zero attached hydrogens (tertiary/aromatic N) is 2. The molecule has 0 fully saturated rings. The molecule has 74 valence electrons. The zero-order chi connectivity index (χ0) is 9.84. The maximum Gasteiger partial charge on any atom is 0.147 e. The molecule has 5 heteroatoms. The Morgan fingerprint density at radius 2 is 2.46 bits per heavy atom. The minimum absolute atomic E-state index is 0.389. The van der Waals surface area contributed by atoms with Gasteiger partial charge >= 0.3 is 0 Å². The third-order valence-corrected chi connectivity index (χ3v) is 1.73. The van der Waals surface area contributed by atoms with Gasteiger partial charge in [0.15, 0.2) is 0 Å². The number of hydrogen-bond donors (Lipinski definition) is 3. The minimum Gasteiger partial charge on any atom is -0.394 e. The van der Waals surface area contributed by atoms with Gasteiger partial charge in [0.25, 0.3) is 0 Å². The van der Waals surface area contributed by atoms with E-state index in [1.165, 1.54) is 0 Å². The van der Waals surface area contributed by atoms with Crippen molar-refractivity contribution < 1.29 is 5.11 Å². The molecule has 1 atom stereocenters. The second kappa shape index (κ2) is 4.13. The molecule has 0 bridgehead atoms. The van der Waals surface area contributed by atoms with Crippen molar-refractivity contribution in [2.24, 2.45) is 0 Å². The fourth-order valence-corrected chi connectivity index (χ4v) is 1.08. The standard InChI is InChI=1S/C8H16N4O/c1-3-12-8(7(9)5-11-12)10-4-6(2)13/h5-6,10,13H,3-4,9H2,1-2H3. The van der Waals surface area contributed by atoms with E-state index in [1.54, 1.807) is 17.8 Å².